The molecule has 6 heteroatoms. The van der Waals surface area contributed by atoms with E-state index in [1.807, 2.05) is 32.9 Å². The van der Waals surface area contributed by atoms with Crippen molar-refractivity contribution in [1.29, 1.82) is 0 Å². The van der Waals surface area contributed by atoms with E-state index in [1.165, 1.54) is 4.88 Å². The Bertz CT molecular complexity index is 454. The molecule has 1 amide bonds. The van der Waals surface area contributed by atoms with Crippen molar-refractivity contribution in [3.05, 3.63) is 21.9 Å². The summed E-state index contributed by atoms with van der Waals surface area (Å²) >= 11 is 1.57. The third-order valence-corrected chi connectivity index (χ3v) is 4.17. The van der Waals surface area contributed by atoms with E-state index >= 15 is 0 Å². The van der Waals surface area contributed by atoms with Gasteiger partial charge >= 0.3 is 6.09 Å². The number of amides is 1. The topological polar surface area (TPSA) is 84.6 Å². The standard InChI is InChI=1S/C15H26N2O3S/c1-5-10-6-7-12(21-10)13(18)11(16)8-9-17-14(19)20-15(2,3)4/h6-7,11,13,18H,5,8-9,16H2,1-4H3,(H,17,19). The smallest absolute Gasteiger partial charge is 0.407 e. The van der Waals surface area contributed by atoms with Gasteiger partial charge in [0.05, 0.1) is 0 Å². The number of ether oxygens (including phenoxy) is 1. The number of hydrogen-bond acceptors (Lipinski definition) is 5. The van der Waals surface area contributed by atoms with Crippen molar-refractivity contribution in [2.75, 3.05) is 6.54 Å². The lowest BCUT2D eigenvalue weighted by atomic mass is 10.1. The van der Waals surface area contributed by atoms with Gasteiger partial charge in [0.15, 0.2) is 0 Å². The maximum absolute atomic E-state index is 11.5. The predicted molar refractivity (Wildman–Crippen MR) is 85.5 cm³/mol. The van der Waals surface area contributed by atoms with Crippen LogP contribution in [0.2, 0.25) is 0 Å². The van der Waals surface area contributed by atoms with Crippen LogP contribution in [-0.4, -0.2) is 29.4 Å². The Kier molecular flexibility index (Phi) is 6.64. The van der Waals surface area contributed by atoms with E-state index in [1.54, 1.807) is 11.3 Å². The average molecular weight is 314 g/mol. The second kappa shape index (κ2) is 7.77. The molecule has 0 aliphatic carbocycles. The van der Waals surface area contributed by atoms with Crippen molar-refractivity contribution in [2.24, 2.45) is 5.73 Å². The van der Waals surface area contributed by atoms with Crippen molar-refractivity contribution < 1.29 is 14.6 Å². The Morgan fingerprint density at radius 3 is 2.67 bits per heavy atom. The number of carbonyl (C=O) groups excluding carboxylic acids is 1. The first-order chi connectivity index (χ1) is 9.73. The molecule has 1 rings (SSSR count). The maximum atomic E-state index is 11.5. The lowest BCUT2D eigenvalue weighted by molar-refractivity contribution is 0.0521. The molecule has 5 nitrogen and oxygen atoms in total. The molecule has 2 atom stereocenters. The van der Waals surface area contributed by atoms with Crippen LogP contribution in [0.3, 0.4) is 0 Å². The van der Waals surface area contributed by atoms with Gasteiger partial charge in [0.2, 0.25) is 0 Å². The fraction of sp³-hybridized carbons (Fsp3) is 0.667. The van der Waals surface area contributed by atoms with E-state index in [2.05, 4.69) is 12.2 Å². The Morgan fingerprint density at radius 2 is 2.14 bits per heavy atom. The number of carbonyl (C=O) groups is 1. The third-order valence-electron chi connectivity index (χ3n) is 2.87. The van der Waals surface area contributed by atoms with Crippen LogP contribution in [0.1, 0.15) is 50.0 Å². The van der Waals surface area contributed by atoms with Crippen LogP contribution in [-0.2, 0) is 11.2 Å². The number of thiophene rings is 1. The van der Waals surface area contributed by atoms with Crippen molar-refractivity contribution in [3.8, 4) is 0 Å². The molecule has 4 N–H and O–H groups in total. The zero-order chi connectivity index (χ0) is 16.0. The number of alkyl carbamates (subject to hydrolysis) is 1. The summed E-state index contributed by atoms with van der Waals surface area (Å²) in [5.74, 6) is 0. The van der Waals surface area contributed by atoms with Crippen molar-refractivity contribution in [2.45, 2.75) is 58.3 Å². The van der Waals surface area contributed by atoms with Crippen LogP contribution in [0.25, 0.3) is 0 Å². The average Bonchev–Trinajstić information content (AvgIpc) is 2.84. The summed E-state index contributed by atoms with van der Waals surface area (Å²) in [6, 6.07) is 3.51. The molecular formula is C15H26N2O3S. The summed E-state index contributed by atoms with van der Waals surface area (Å²) in [6.45, 7) is 7.88. The van der Waals surface area contributed by atoms with E-state index < -0.39 is 23.8 Å². The van der Waals surface area contributed by atoms with Gasteiger partial charge in [-0.1, -0.05) is 6.92 Å². The van der Waals surface area contributed by atoms with Crippen LogP contribution in [0, 0.1) is 0 Å². The van der Waals surface area contributed by atoms with Crippen LogP contribution in [0.5, 0.6) is 0 Å². The summed E-state index contributed by atoms with van der Waals surface area (Å²) in [7, 11) is 0. The molecule has 0 aliphatic heterocycles. The Morgan fingerprint density at radius 1 is 1.48 bits per heavy atom. The second-order valence-corrected chi connectivity index (χ2v) is 7.18. The highest BCUT2D eigenvalue weighted by molar-refractivity contribution is 7.12. The number of rotatable bonds is 6. The van der Waals surface area contributed by atoms with Gasteiger partial charge in [0.25, 0.3) is 0 Å². The first kappa shape index (κ1) is 17.9. The van der Waals surface area contributed by atoms with Crippen LogP contribution in [0.15, 0.2) is 12.1 Å². The normalized spacial score (nSPS) is 14.6. The van der Waals surface area contributed by atoms with E-state index in [9.17, 15) is 9.90 Å². The highest BCUT2D eigenvalue weighted by atomic mass is 32.1. The molecule has 0 spiro atoms. The summed E-state index contributed by atoms with van der Waals surface area (Å²) in [5, 5.41) is 12.8. The van der Waals surface area contributed by atoms with Gasteiger partial charge in [-0.2, -0.15) is 0 Å². The number of nitrogens with one attached hydrogen (secondary N) is 1. The number of aliphatic hydroxyl groups excluding tert-OH is 1. The number of hydrogen-bond donors (Lipinski definition) is 3. The SMILES string of the molecule is CCc1ccc(C(O)C(N)CCNC(=O)OC(C)(C)C)s1. The van der Waals surface area contributed by atoms with Gasteiger partial charge in [-0.25, -0.2) is 4.79 Å². The molecule has 0 saturated heterocycles. The Hall–Kier alpha value is -1.11. The van der Waals surface area contributed by atoms with Crippen molar-refractivity contribution in [1.82, 2.24) is 5.32 Å². The third kappa shape index (κ3) is 6.46. The largest absolute Gasteiger partial charge is 0.444 e. The number of nitrogens with two attached hydrogens (primary N) is 1. The van der Waals surface area contributed by atoms with E-state index in [0.29, 0.717) is 13.0 Å². The minimum absolute atomic E-state index is 0.374. The fourth-order valence-electron chi connectivity index (χ4n) is 1.77. The molecule has 1 aromatic heterocycles. The van der Waals surface area contributed by atoms with Gasteiger partial charge in [-0.15, -0.1) is 11.3 Å². The van der Waals surface area contributed by atoms with Crippen LogP contribution >= 0.6 is 11.3 Å². The molecule has 0 aliphatic rings. The van der Waals surface area contributed by atoms with Gasteiger partial charge < -0.3 is 20.9 Å². The molecule has 0 aromatic carbocycles. The summed E-state index contributed by atoms with van der Waals surface area (Å²) in [4.78, 5) is 13.6. The zero-order valence-corrected chi connectivity index (χ0v) is 14.0. The maximum Gasteiger partial charge on any atom is 0.407 e. The Labute approximate surface area is 130 Å². The second-order valence-electron chi connectivity index (χ2n) is 5.98. The summed E-state index contributed by atoms with van der Waals surface area (Å²) < 4.78 is 5.13. The minimum Gasteiger partial charge on any atom is -0.444 e. The van der Waals surface area contributed by atoms with E-state index in [0.717, 1.165) is 11.3 Å². The lowest BCUT2D eigenvalue weighted by Gasteiger charge is -2.21. The molecule has 120 valence electrons. The highest BCUT2D eigenvalue weighted by Gasteiger charge is 2.20. The minimum atomic E-state index is -0.698. The van der Waals surface area contributed by atoms with Gasteiger partial charge in [-0.05, 0) is 45.7 Å². The van der Waals surface area contributed by atoms with Crippen molar-refractivity contribution in [3.63, 3.8) is 0 Å². The van der Waals surface area contributed by atoms with Crippen molar-refractivity contribution >= 4 is 17.4 Å². The first-order valence-electron chi connectivity index (χ1n) is 7.22. The molecule has 0 bridgehead atoms. The summed E-state index contributed by atoms with van der Waals surface area (Å²) in [6.07, 6.45) is 0.274. The molecule has 0 fully saturated rings. The quantitative estimate of drug-likeness (QED) is 0.753. The van der Waals surface area contributed by atoms with E-state index in [4.69, 9.17) is 10.5 Å². The molecule has 0 saturated carbocycles. The summed E-state index contributed by atoms with van der Waals surface area (Å²) in [5.41, 5.74) is 5.46. The first-order valence-corrected chi connectivity index (χ1v) is 8.03. The monoisotopic (exact) mass is 314 g/mol. The fourth-order valence-corrected chi connectivity index (χ4v) is 2.78. The molecule has 2 unspecified atom stereocenters. The van der Waals surface area contributed by atoms with Gasteiger partial charge in [0, 0.05) is 22.3 Å². The predicted octanol–water partition coefficient (Wildman–Crippen LogP) is 2.59. The van der Waals surface area contributed by atoms with Gasteiger partial charge in [0.1, 0.15) is 11.7 Å². The Balaban J connectivity index is 2.36. The number of aryl methyl sites for hydroxylation is 1. The van der Waals surface area contributed by atoms with Gasteiger partial charge in [-0.3, -0.25) is 0 Å². The molecule has 1 heterocycles. The molecule has 21 heavy (non-hydrogen) atoms. The number of aliphatic hydroxyl groups is 1. The van der Waals surface area contributed by atoms with Crippen LogP contribution < -0.4 is 11.1 Å². The van der Waals surface area contributed by atoms with E-state index in [-0.39, 0.29) is 0 Å². The van der Waals surface area contributed by atoms with Crippen LogP contribution in [0.4, 0.5) is 4.79 Å². The molecular weight excluding hydrogens is 288 g/mol. The molecule has 1 aromatic rings. The lowest BCUT2D eigenvalue weighted by Crippen LogP contribution is -2.36. The highest BCUT2D eigenvalue weighted by Crippen LogP contribution is 2.26. The molecule has 0 radical (unpaired) electrons. The zero-order valence-electron chi connectivity index (χ0n) is 13.2.